The van der Waals surface area contributed by atoms with Crippen LogP contribution in [0.1, 0.15) is 36.1 Å². The largest absolute Gasteiger partial charge is 0.377 e. The van der Waals surface area contributed by atoms with Crippen LogP contribution in [-0.4, -0.2) is 0 Å². The summed E-state index contributed by atoms with van der Waals surface area (Å²) in [5.74, 6) is 0. The second-order valence-corrected chi connectivity index (χ2v) is 5.70. The minimum absolute atomic E-state index is 0.0775. The van der Waals surface area contributed by atoms with E-state index in [9.17, 15) is 5.26 Å². The van der Waals surface area contributed by atoms with Crippen molar-refractivity contribution in [2.45, 2.75) is 26.3 Å². The Hall–Kier alpha value is -1.69. The smallest absolute Gasteiger partial charge is 0.102 e. The lowest BCUT2D eigenvalue weighted by atomic mass is 10.0. The van der Waals surface area contributed by atoms with E-state index in [1.165, 1.54) is 0 Å². The van der Waals surface area contributed by atoms with E-state index in [1.807, 2.05) is 37.3 Å². The average molecular weight is 319 g/mol. The van der Waals surface area contributed by atoms with Gasteiger partial charge in [-0.1, -0.05) is 48.3 Å². The molecule has 0 heterocycles. The van der Waals surface area contributed by atoms with E-state index >= 15 is 0 Å². The van der Waals surface area contributed by atoms with Crippen molar-refractivity contribution in [1.82, 2.24) is 0 Å². The molecule has 1 unspecified atom stereocenters. The van der Waals surface area contributed by atoms with Crippen molar-refractivity contribution in [3.63, 3.8) is 0 Å². The molecule has 4 heteroatoms. The molecule has 0 aliphatic carbocycles. The molecule has 0 fully saturated rings. The van der Waals surface area contributed by atoms with Crippen LogP contribution in [0.5, 0.6) is 0 Å². The molecule has 2 aromatic rings. The lowest BCUT2D eigenvalue weighted by molar-refractivity contribution is 0.749. The van der Waals surface area contributed by atoms with Crippen LogP contribution in [0.4, 0.5) is 5.69 Å². The zero-order valence-corrected chi connectivity index (χ0v) is 13.5. The van der Waals surface area contributed by atoms with Gasteiger partial charge in [0.05, 0.1) is 27.3 Å². The van der Waals surface area contributed by atoms with Gasteiger partial charge in [0.15, 0.2) is 0 Å². The number of hydrogen-bond donors (Lipinski definition) is 1. The van der Waals surface area contributed by atoms with Gasteiger partial charge in [-0.05, 0) is 42.7 Å². The Kier molecular flexibility index (Phi) is 5.12. The van der Waals surface area contributed by atoms with Crippen molar-refractivity contribution in [2.75, 3.05) is 5.32 Å². The first-order valence-corrected chi connectivity index (χ1v) is 7.53. The first-order valence-electron chi connectivity index (χ1n) is 6.78. The fourth-order valence-electron chi connectivity index (χ4n) is 2.27. The van der Waals surface area contributed by atoms with Crippen LogP contribution < -0.4 is 5.32 Å². The van der Waals surface area contributed by atoms with Gasteiger partial charge in [0.2, 0.25) is 0 Å². The Labute approximate surface area is 135 Å². The molecule has 21 heavy (non-hydrogen) atoms. The van der Waals surface area contributed by atoms with Crippen molar-refractivity contribution >= 4 is 28.9 Å². The standard InChI is InChI=1S/C17H16Cl2N2/c1-3-16(12-7-8-14(18)15(19)9-12)21-17-6-4-5-11(2)13(17)10-20/h4-9,16,21H,3H2,1-2H3. The van der Waals surface area contributed by atoms with Crippen LogP contribution >= 0.6 is 23.2 Å². The highest BCUT2D eigenvalue weighted by atomic mass is 35.5. The monoisotopic (exact) mass is 318 g/mol. The van der Waals surface area contributed by atoms with E-state index in [0.717, 1.165) is 23.2 Å². The van der Waals surface area contributed by atoms with Crippen LogP contribution in [0.15, 0.2) is 36.4 Å². The van der Waals surface area contributed by atoms with E-state index < -0.39 is 0 Å². The third-order valence-corrected chi connectivity index (χ3v) is 4.21. The zero-order valence-electron chi connectivity index (χ0n) is 12.0. The summed E-state index contributed by atoms with van der Waals surface area (Å²) in [6.45, 7) is 4.02. The van der Waals surface area contributed by atoms with Crippen LogP contribution in [0.25, 0.3) is 0 Å². The van der Waals surface area contributed by atoms with E-state index in [-0.39, 0.29) is 6.04 Å². The lowest BCUT2D eigenvalue weighted by Gasteiger charge is -2.20. The summed E-state index contributed by atoms with van der Waals surface area (Å²) in [6.07, 6.45) is 0.872. The van der Waals surface area contributed by atoms with Crippen molar-refractivity contribution in [2.24, 2.45) is 0 Å². The van der Waals surface area contributed by atoms with E-state index in [4.69, 9.17) is 23.2 Å². The van der Waals surface area contributed by atoms with E-state index in [1.54, 1.807) is 6.07 Å². The fraction of sp³-hybridized carbons (Fsp3) is 0.235. The first kappa shape index (κ1) is 15.7. The summed E-state index contributed by atoms with van der Waals surface area (Å²) in [5, 5.41) is 13.8. The first-order chi connectivity index (χ1) is 10.1. The van der Waals surface area contributed by atoms with Gasteiger partial charge in [0.1, 0.15) is 6.07 Å². The van der Waals surface area contributed by atoms with Crippen LogP contribution in [0, 0.1) is 18.3 Å². The van der Waals surface area contributed by atoms with Crippen molar-refractivity contribution in [1.29, 1.82) is 5.26 Å². The van der Waals surface area contributed by atoms with Crippen molar-refractivity contribution in [3.8, 4) is 6.07 Å². The molecule has 0 radical (unpaired) electrons. The molecule has 0 bridgehead atoms. The number of nitrogens with zero attached hydrogens (tertiary/aromatic N) is 1. The molecule has 0 amide bonds. The summed E-state index contributed by atoms with van der Waals surface area (Å²) < 4.78 is 0. The molecular weight excluding hydrogens is 303 g/mol. The van der Waals surface area contributed by atoms with E-state index in [2.05, 4.69) is 18.3 Å². The molecule has 0 spiro atoms. The maximum atomic E-state index is 9.31. The minimum atomic E-state index is 0.0775. The summed E-state index contributed by atoms with van der Waals surface area (Å²) in [7, 11) is 0. The third-order valence-electron chi connectivity index (χ3n) is 3.47. The van der Waals surface area contributed by atoms with Gasteiger partial charge in [0, 0.05) is 0 Å². The molecular formula is C17H16Cl2N2. The highest BCUT2D eigenvalue weighted by Gasteiger charge is 2.13. The molecule has 0 aromatic heterocycles. The zero-order chi connectivity index (χ0) is 15.4. The Bertz CT molecular complexity index is 690. The molecule has 2 aromatic carbocycles. The molecule has 2 nitrogen and oxygen atoms in total. The molecule has 2 rings (SSSR count). The number of halogens is 2. The second kappa shape index (κ2) is 6.85. The summed E-state index contributed by atoms with van der Waals surface area (Å²) in [4.78, 5) is 0. The maximum Gasteiger partial charge on any atom is 0.102 e. The SMILES string of the molecule is CCC(Nc1cccc(C)c1C#N)c1ccc(Cl)c(Cl)c1. The fourth-order valence-corrected chi connectivity index (χ4v) is 2.58. The van der Waals surface area contributed by atoms with Gasteiger partial charge in [-0.3, -0.25) is 0 Å². The Morgan fingerprint density at radius 1 is 1.19 bits per heavy atom. The number of nitrogens with one attached hydrogen (secondary N) is 1. The highest BCUT2D eigenvalue weighted by molar-refractivity contribution is 6.42. The van der Waals surface area contributed by atoms with Gasteiger partial charge >= 0.3 is 0 Å². The molecule has 0 saturated carbocycles. The van der Waals surface area contributed by atoms with Gasteiger partial charge in [-0.2, -0.15) is 5.26 Å². The Balaban J connectivity index is 2.34. The molecule has 1 atom stereocenters. The Morgan fingerprint density at radius 3 is 2.57 bits per heavy atom. The Morgan fingerprint density at radius 2 is 1.95 bits per heavy atom. The van der Waals surface area contributed by atoms with Crippen LogP contribution in [-0.2, 0) is 0 Å². The van der Waals surface area contributed by atoms with E-state index in [0.29, 0.717) is 15.6 Å². The minimum Gasteiger partial charge on any atom is -0.377 e. The predicted octanol–water partition coefficient (Wildman–Crippen LogP) is 5.74. The average Bonchev–Trinajstić information content (AvgIpc) is 2.48. The maximum absolute atomic E-state index is 9.31. The molecule has 0 saturated heterocycles. The second-order valence-electron chi connectivity index (χ2n) is 4.89. The molecule has 108 valence electrons. The third kappa shape index (κ3) is 3.50. The van der Waals surface area contributed by atoms with Crippen molar-refractivity contribution in [3.05, 3.63) is 63.1 Å². The topological polar surface area (TPSA) is 35.8 Å². The van der Waals surface area contributed by atoms with Crippen LogP contribution in [0.2, 0.25) is 10.0 Å². The number of rotatable bonds is 4. The number of benzene rings is 2. The summed E-state index contributed by atoms with van der Waals surface area (Å²) in [6, 6.07) is 13.8. The number of nitriles is 1. The molecule has 0 aliphatic heterocycles. The normalized spacial score (nSPS) is 11.8. The predicted molar refractivity (Wildman–Crippen MR) is 89.0 cm³/mol. The quantitative estimate of drug-likeness (QED) is 0.780. The molecule has 1 N–H and O–H groups in total. The summed E-state index contributed by atoms with van der Waals surface area (Å²) in [5.41, 5.74) is 3.54. The number of anilines is 1. The number of aryl methyl sites for hydroxylation is 1. The summed E-state index contributed by atoms with van der Waals surface area (Å²) >= 11 is 12.1. The van der Waals surface area contributed by atoms with Crippen molar-refractivity contribution < 1.29 is 0 Å². The highest BCUT2D eigenvalue weighted by Crippen LogP contribution is 2.30. The van der Waals surface area contributed by atoms with Gasteiger partial charge in [-0.15, -0.1) is 0 Å². The number of hydrogen-bond acceptors (Lipinski definition) is 2. The van der Waals surface area contributed by atoms with Gasteiger partial charge < -0.3 is 5.32 Å². The van der Waals surface area contributed by atoms with Crippen LogP contribution in [0.3, 0.4) is 0 Å². The van der Waals surface area contributed by atoms with Gasteiger partial charge in [-0.25, -0.2) is 0 Å². The van der Waals surface area contributed by atoms with Gasteiger partial charge in [0.25, 0.3) is 0 Å². The lowest BCUT2D eigenvalue weighted by Crippen LogP contribution is -2.11. The molecule has 0 aliphatic rings.